The highest BCUT2D eigenvalue weighted by Crippen LogP contribution is 2.28. The number of aryl methyl sites for hydroxylation is 2. The molecule has 0 aliphatic rings. The Morgan fingerprint density at radius 2 is 1.78 bits per heavy atom. The molecule has 0 spiro atoms. The number of hydrogen-bond acceptors (Lipinski definition) is 3. The molecule has 1 atom stereocenters. The molecule has 0 saturated heterocycles. The van der Waals surface area contributed by atoms with Gasteiger partial charge >= 0.3 is 0 Å². The van der Waals surface area contributed by atoms with E-state index in [-0.39, 0.29) is 5.91 Å². The minimum atomic E-state index is -0.799. The number of amides is 1. The predicted molar refractivity (Wildman–Crippen MR) is 95.3 cm³/mol. The Morgan fingerprint density at radius 3 is 2.26 bits per heavy atom. The average molecular weight is 321 g/mol. The van der Waals surface area contributed by atoms with Gasteiger partial charge in [0.2, 0.25) is 0 Å². The van der Waals surface area contributed by atoms with Gasteiger partial charge in [-0.05, 0) is 63.8 Å². The predicted octanol–water partition coefficient (Wildman–Crippen LogP) is 4.63. The van der Waals surface area contributed by atoms with E-state index in [0.717, 1.165) is 42.0 Å². The summed E-state index contributed by atoms with van der Waals surface area (Å²) in [6, 6.07) is 3.91. The van der Waals surface area contributed by atoms with Crippen molar-refractivity contribution in [3.63, 3.8) is 0 Å². The smallest absolute Gasteiger partial charge is 0.256 e. The second kappa shape index (κ2) is 8.92. The molecule has 0 radical (unpaired) electrons. The summed E-state index contributed by atoms with van der Waals surface area (Å²) in [6.07, 6.45) is 2.78. The van der Waals surface area contributed by atoms with Crippen LogP contribution in [-0.2, 0) is 9.53 Å². The first-order valence-electron chi connectivity index (χ1n) is 8.57. The van der Waals surface area contributed by atoms with E-state index in [4.69, 9.17) is 9.47 Å². The molecule has 4 heteroatoms. The van der Waals surface area contributed by atoms with Crippen molar-refractivity contribution in [2.24, 2.45) is 0 Å². The van der Waals surface area contributed by atoms with Crippen molar-refractivity contribution in [2.45, 2.75) is 66.4 Å². The summed E-state index contributed by atoms with van der Waals surface area (Å²) in [5.74, 6) is 0.805. The lowest BCUT2D eigenvalue weighted by molar-refractivity contribution is -0.139. The molecule has 1 aromatic rings. The van der Waals surface area contributed by atoms with Gasteiger partial charge in [0.1, 0.15) is 11.4 Å². The van der Waals surface area contributed by atoms with Gasteiger partial charge in [0.25, 0.3) is 5.91 Å². The van der Waals surface area contributed by atoms with E-state index >= 15 is 0 Å². The zero-order valence-corrected chi connectivity index (χ0v) is 15.4. The van der Waals surface area contributed by atoms with Crippen LogP contribution in [-0.4, -0.2) is 24.7 Å². The molecular weight excluding hydrogens is 290 g/mol. The molecule has 1 amide bonds. The zero-order chi connectivity index (χ0) is 17.5. The molecule has 23 heavy (non-hydrogen) atoms. The monoisotopic (exact) mass is 321 g/mol. The van der Waals surface area contributed by atoms with Crippen molar-refractivity contribution in [3.05, 3.63) is 23.3 Å². The van der Waals surface area contributed by atoms with Gasteiger partial charge in [0.05, 0.1) is 6.61 Å². The molecule has 0 aromatic heterocycles. The number of ether oxygens (including phenoxy) is 2. The third-order valence-corrected chi connectivity index (χ3v) is 4.08. The molecule has 0 aliphatic heterocycles. The molecule has 0 bridgehead atoms. The van der Waals surface area contributed by atoms with E-state index in [9.17, 15) is 4.79 Å². The number of rotatable bonds is 9. The van der Waals surface area contributed by atoms with Crippen LogP contribution in [0, 0.1) is 13.8 Å². The second-order valence-electron chi connectivity index (χ2n) is 6.11. The van der Waals surface area contributed by atoms with Crippen LogP contribution in [0.3, 0.4) is 0 Å². The molecule has 0 fully saturated rings. The van der Waals surface area contributed by atoms with Crippen LogP contribution >= 0.6 is 0 Å². The van der Waals surface area contributed by atoms with Gasteiger partial charge in [-0.1, -0.05) is 20.3 Å². The number of benzene rings is 1. The van der Waals surface area contributed by atoms with E-state index < -0.39 is 5.60 Å². The maximum Gasteiger partial charge on any atom is 0.256 e. The van der Waals surface area contributed by atoms with E-state index in [1.54, 1.807) is 0 Å². The molecule has 4 nitrogen and oxygen atoms in total. The topological polar surface area (TPSA) is 47.6 Å². The summed E-state index contributed by atoms with van der Waals surface area (Å²) in [6.45, 7) is 13.1. The van der Waals surface area contributed by atoms with Crippen molar-refractivity contribution in [2.75, 3.05) is 18.5 Å². The van der Waals surface area contributed by atoms with E-state index in [1.807, 2.05) is 46.8 Å². The number of unbranched alkanes of at least 4 members (excludes halogenated alkanes) is 1. The molecule has 0 unspecified atom stereocenters. The largest absolute Gasteiger partial charge is 0.493 e. The van der Waals surface area contributed by atoms with Crippen molar-refractivity contribution < 1.29 is 14.3 Å². The zero-order valence-electron chi connectivity index (χ0n) is 15.4. The lowest BCUT2D eigenvalue weighted by atomic mass is 10.0. The highest BCUT2D eigenvalue weighted by molar-refractivity contribution is 5.97. The quantitative estimate of drug-likeness (QED) is 0.675. The Balaban J connectivity index is 2.88. The molecule has 1 rings (SSSR count). The first-order valence-corrected chi connectivity index (χ1v) is 8.57. The summed E-state index contributed by atoms with van der Waals surface area (Å²) in [5.41, 5.74) is 2.05. The van der Waals surface area contributed by atoms with Crippen LogP contribution in [0.25, 0.3) is 0 Å². The SMILES string of the molecule is CCCCOc1c(C)cc(NC(=O)[C@@](C)(CC)OCC)cc1C. The van der Waals surface area contributed by atoms with Crippen molar-refractivity contribution in [1.29, 1.82) is 0 Å². The van der Waals surface area contributed by atoms with Crippen LogP contribution in [0.5, 0.6) is 5.75 Å². The van der Waals surface area contributed by atoms with Crippen LogP contribution in [0.2, 0.25) is 0 Å². The maximum absolute atomic E-state index is 12.5. The standard InChI is InChI=1S/C19H31NO3/c1-7-10-11-22-17-14(4)12-16(13-15(17)5)20-18(21)19(6,8-2)23-9-3/h12-13H,7-11H2,1-6H3,(H,20,21)/t19-/m1/s1. The molecule has 1 N–H and O–H groups in total. The summed E-state index contributed by atoms with van der Waals surface area (Å²) in [7, 11) is 0. The Hall–Kier alpha value is -1.55. The van der Waals surface area contributed by atoms with Crippen molar-refractivity contribution in [1.82, 2.24) is 0 Å². The Bertz CT molecular complexity index is 504. The third-order valence-electron chi connectivity index (χ3n) is 4.08. The third kappa shape index (κ3) is 5.24. The average Bonchev–Trinajstić information content (AvgIpc) is 2.50. The summed E-state index contributed by atoms with van der Waals surface area (Å²) in [4.78, 5) is 12.5. The molecular formula is C19H31NO3. The van der Waals surface area contributed by atoms with E-state index in [0.29, 0.717) is 13.0 Å². The molecule has 130 valence electrons. The van der Waals surface area contributed by atoms with E-state index in [1.165, 1.54) is 0 Å². The number of carbonyl (C=O) groups is 1. The van der Waals surface area contributed by atoms with E-state index in [2.05, 4.69) is 12.2 Å². The first kappa shape index (κ1) is 19.5. The molecule has 0 heterocycles. The van der Waals surface area contributed by atoms with Crippen LogP contribution in [0.1, 0.15) is 58.1 Å². The first-order chi connectivity index (χ1) is 10.9. The van der Waals surface area contributed by atoms with Crippen LogP contribution in [0.4, 0.5) is 5.69 Å². The minimum absolute atomic E-state index is 0.111. The van der Waals surface area contributed by atoms with Crippen LogP contribution < -0.4 is 10.1 Å². The minimum Gasteiger partial charge on any atom is -0.493 e. The fourth-order valence-corrected chi connectivity index (χ4v) is 2.48. The molecule has 0 saturated carbocycles. The highest BCUT2D eigenvalue weighted by Gasteiger charge is 2.32. The normalized spacial score (nSPS) is 13.5. The lowest BCUT2D eigenvalue weighted by Crippen LogP contribution is -2.42. The van der Waals surface area contributed by atoms with Gasteiger partial charge in [-0.25, -0.2) is 0 Å². The molecule has 1 aromatic carbocycles. The van der Waals surface area contributed by atoms with Crippen LogP contribution in [0.15, 0.2) is 12.1 Å². The van der Waals surface area contributed by atoms with Crippen molar-refractivity contribution >= 4 is 11.6 Å². The fraction of sp³-hybridized carbons (Fsp3) is 0.632. The summed E-state index contributed by atoms with van der Waals surface area (Å²) < 4.78 is 11.5. The summed E-state index contributed by atoms with van der Waals surface area (Å²) in [5, 5.41) is 2.97. The summed E-state index contributed by atoms with van der Waals surface area (Å²) >= 11 is 0. The molecule has 0 aliphatic carbocycles. The Labute approximate surface area is 140 Å². The lowest BCUT2D eigenvalue weighted by Gasteiger charge is -2.27. The Kier molecular flexibility index (Phi) is 7.56. The number of hydrogen-bond donors (Lipinski definition) is 1. The highest BCUT2D eigenvalue weighted by atomic mass is 16.5. The van der Waals surface area contributed by atoms with Crippen molar-refractivity contribution in [3.8, 4) is 5.75 Å². The fourth-order valence-electron chi connectivity index (χ4n) is 2.48. The van der Waals surface area contributed by atoms with Gasteiger partial charge in [-0.3, -0.25) is 4.79 Å². The number of anilines is 1. The maximum atomic E-state index is 12.5. The van der Waals surface area contributed by atoms with Gasteiger partial charge < -0.3 is 14.8 Å². The number of carbonyl (C=O) groups excluding carboxylic acids is 1. The van der Waals surface area contributed by atoms with Gasteiger partial charge in [0, 0.05) is 12.3 Å². The number of nitrogens with one attached hydrogen (secondary N) is 1. The van der Waals surface area contributed by atoms with Gasteiger partial charge in [-0.15, -0.1) is 0 Å². The Morgan fingerprint density at radius 1 is 1.17 bits per heavy atom. The van der Waals surface area contributed by atoms with Gasteiger partial charge in [0.15, 0.2) is 0 Å². The second-order valence-corrected chi connectivity index (χ2v) is 6.11. The van der Waals surface area contributed by atoms with Gasteiger partial charge in [-0.2, -0.15) is 0 Å².